The summed E-state index contributed by atoms with van der Waals surface area (Å²) in [5.74, 6) is -2.04. The number of likely N-dealkylation sites (N-methyl/N-ethyl adjacent to an activating group) is 2. The molecule has 2 aliphatic heterocycles. The number of oxime groups is 2. The van der Waals surface area contributed by atoms with Gasteiger partial charge in [-0.05, 0) is 109 Å². The molecule has 0 N–H and O–H groups in total. The minimum atomic E-state index is -2.02. The highest BCUT2D eigenvalue weighted by Crippen LogP contribution is 2.36. The zero-order valence-electron chi connectivity index (χ0n) is 40.4. The molecule has 0 spiro atoms. The largest absolute Gasteiger partial charge is 0.534 e. The second-order valence-electron chi connectivity index (χ2n) is 18.7. The highest BCUT2D eigenvalue weighted by atomic mass is 16.9. The van der Waals surface area contributed by atoms with Crippen LogP contribution in [-0.2, 0) is 47.9 Å². The van der Waals surface area contributed by atoms with Gasteiger partial charge in [0.15, 0.2) is 0 Å². The summed E-state index contributed by atoms with van der Waals surface area (Å²) in [5.41, 5.74) is -7.30. The number of carbonyl (C=O) groups excluding carboxylic acids is 6. The van der Waals surface area contributed by atoms with Gasteiger partial charge in [-0.1, -0.05) is 38.0 Å². The number of hydroxylamine groups is 4. The summed E-state index contributed by atoms with van der Waals surface area (Å²) in [5, 5.41) is 19.5. The molecule has 0 aliphatic carbocycles. The van der Waals surface area contributed by atoms with Gasteiger partial charge in [0.05, 0.1) is 22.8 Å². The molecule has 2 atom stereocenters. The Morgan fingerprint density at radius 1 is 0.548 bits per heavy atom. The maximum absolute atomic E-state index is 13.4. The first kappa shape index (κ1) is 54.3. The molecular formula is C40H68N8O14. The summed E-state index contributed by atoms with van der Waals surface area (Å²) in [6.07, 6.45) is -4.59. The molecule has 0 aromatic heterocycles. The van der Waals surface area contributed by atoms with E-state index in [0.717, 1.165) is 10.0 Å². The Kier molecular flexibility index (Phi) is 17.5. The number of nitrogens with zero attached hydrogens (tertiary/aromatic N) is 8. The smallest absolute Gasteiger partial charge is 0.442 e. The molecule has 0 saturated carbocycles. The summed E-state index contributed by atoms with van der Waals surface area (Å²) < 4.78 is 21.3. The lowest BCUT2D eigenvalue weighted by Crippen LogP contribution is -2.67. The number of rotatable bonds is 8. The zero-order valence-corrected chi connectivity index (χ0v) is 40.4. The number of hydrogen-bond acceptors (Lipinski definition) is 18. The van der Waals surface area contributed by atoms with Crippen LogP contribution in [0.2, 0.25) is 0 Å². The van der Waals surface area contributed by atoms with Crippen LogP contribution in [0.5, 0.6) is 0 Å². The van der Waals surface area contributed by atoms with Crippen LogP contribution in [0.3, 0.4) is 0 Å². The molecule has 62 heavy (non-hydrogen) atoms. The van der Waals surface area contributed by atoms with E-state index in [1.807, 2.05) is 0 Å². The predicted molar refractivity (Wildman–Crippen MR) is 227 cm³/mol. The van der Waals surface area contributed by atoms with E-state index in [-0.39, 0.29) is 34.7 Å². The number of hydrazone groups is 2. The molecule has 0 aromatic rings. The second kappa shape index (κ2) is 20.0. The maximum Gasteiger partial charge on any atom is 0.534 e. The summed E-state index contributed by atoms with van der Waals surface area (Å²) in [6, 6.07) is 0. The quantitative estimate of drug-likeness (QED) is 0.107. The van der Waals surface area contributed by atoms with Crippen molar-refractivity contribution in [1.82, 2.24) is 20.1 Å². The molecule has 0 bridgehead atoms. The molecule has 2 aliphatic rings. The molecule has 2 rings (SSSR count). The molecular weight excluding hydrogens is 816 g/mol. The predicted octanol–water partition coefficient (Wildman–Crippen LogP) is 6.67. The molecule has 0 fully saturated rings. The average molecular weight is 885 g/mol. The van der Waals surface area contributed by atoms with Crippen LogP contribution in [0, 0.1) is 11.8 Å². The van der Waals surface area contributed by atoms with Gasteiger partial charge in [-0.15, -0.1) is 10.1 Å². The Bertz CT molecular complexity index is 1680. The zero-order chi connectivity index (χ0) is 48.7. The Labute approximate surface area is 364 Å². The fourth-order valence-electron chi connectivity index (χ4n) is 5.85. The normalized spacial score (nSPS) is 19.9. The fraction of sp³-hybridized carbons (Fsp3) is 0.750. The van der Waals surface area contributed by atoms with Crippen molar-refractivity contribution in [3.63, 3.8) is 0 Å². The molecule has 2 unspecified atom stereocenters. The third-order valence-electron chi connectivity index (χ3n) is 7.90. The second-order valence-corrected chi connectivity index (χ2v) is 18.7. The molecule has 0 saturated heterocycles. The van der Waals surface area contributed by atoms with Crippen molar-refractivity contribution < 1.29 is 67.1 Å². The Morgan fingerprint density at radius 2 is 0.806 bits per heavy atom. The standard InChI is InChI=1S/2C20H34N4O7/c2*1-12(2)14-20(13(3)22-28-11,15(25)23(10)21-14)24(16(26)29-18(4,5)6)31-17(27)30-19(7,8)9/h2*12H,1-11H3. The van der Waals surface area contributed by atoms with Gasteiger partial charge in [-0.2, -0.15) is 10.2 Å². The van der Waals surface area contributed by atoms with Gasteiger partial charge >= 0.3 is 24.5 Å². The minimum absolute atomic E-state index is 0.0196. The van der Waals surface area contributed by atoms with Gasteiger partial charge in [0.1, 0.15) is 36.6 Å². The summed E-state index contributed by atoms with van der Waals surface area (Å²) in [4.78, 5) is 98.8. The lowest BCUT2D eigenvalue weighted by Gasteiger charge is -2.38. The van der Waals surface area contributed by atoms with E-state index >= 15 is 0 Å². The molecule has 4 amide bonds. The van der Waals surface area contributed by atoms with E-state index in [0.29, 0.717) is 10.1 Å². The van der Waals surface area contributed by atoms with Crippen LogP contribution < -0.4 is 0 Å². The van der Waals surface area contributed by atoms with Gasteiger partial charge in [0.2, 0.25) is 11.1 Å². The number of ether oxygens (including phenoxy) is 4. The van der Waals surface area contributed by atoms with E-state index in [1.54, 1.807) is 111 Å². The summed E-state index contributed by atoms with van der Waals surface area (Å²) in [7, 11) is 5.43. The van der Waals surface area contributed by atoms with Crippen LogP contribution in [0.1, 0.15) is 125 Å². The topological polar surface area (TPSA) is 239 Å². The van der Waals surface area contributed by atoms with Crippen LogP contribution in [0.25, 0.3) is 0 Å². The number of hydrogen-bond donors (Lipinski definition) is 0. The van der Waals surface area contributed by atoms with Gasteiger partial charge in [0, 0.05) is 14.1 Å². The van der Waals surface area contributed by atoms with Gasteiger partial charge in [-0.25, -0.2) is 29.2 Å². The average Bonchev–Trinajstić information content (AvgIpc) is 3.49. The van der Waals surface area contributed by atoms with Crippen molar-refractivity contribution in [2.45, 2.75) is 158 Å². The summed E-state index contributed by atoms with van der Waals surface area (Å²) >= 11 is 0. The molecule has 352 valence electrons. The van der Waals surface area contributed by atoms with E-state index in [1.165, 1.54) is 42.2 Å². The first-order chi connectivity index (χ1) is 27.9. The van der Waals surface area contributed by atoms with Crippen LogP contribution in [0.15, 0.2) is 20.5 Å². The van der Waals surface area contributed by atoms with Gasteiger partial charge in [0.25, 0.3) is 11.8 Å². The van der Waals surface area contributed by atoms with Crippen LogP contribution >= 0.6 is 0 Å². The fourth-order valence-corrected chi connectivity index (χ4v) is 5.85. The highest BCUT2D eigenvalue weighted by Gasteiger charge is 2.64. The van der Waals surface area contributed by atoms with E-state index in [9.17, 15) is 28.8 Å². The van der Waals surface area contributed by atoms with Crippen molar-refractivity contribution in [1.29, 1.82) is 0 Å². The van der Waals surface area contributed by atoms with Crippen molar-refractivity contribution in [2.24, 2.45) is 32.4 Å². The minimum Gasteiger partial charge on any atom is -0.442 e. The van der Waals surface area contributed by atoms with E-state index in [4.69, 9.17) is 38.3 Å². The monoisotopic (exact) mass is 884 g/mol. The van der Waals surface area contributed by atoms with Crippen molar-refractivity contribution in [3.05, 3.63) is 0 Å². The molecule has 22 heteroatoms. The van der Waals surface area contributed by atoms with Crippen molar-refractivity contribution in [3.8, 4) is 0 Å². The summed E-state index contributed by atoms with van der Waals surface area (Å²) in [6.45, 7) is 29.7. The lowest BCUT2D eigenvalue weighted by atomic mass is 9.82. The van der Waals surface area contributed by atoms with Crippen molar-refractivity contribution >= 4 is 59.2 Å². The molecule has 2 heterocycles. The Morgan fingerprint density at radius 3 is 1.02 bits per heavy atom. The number of carbonyl (C=O) groups is 6. The SMILES string of the molecule is CON=C(C)C1(N(OC(=O)OC(C)(C)C)C(=O)OC(C)(C)C)C(=O)N(C)N=C1C(C)C.CON=C(C)C1(N(OC(=O)OC(C)(C)C)C(=O)OC(C)(C)C)C(=O)N(C)N=C1C(C)C. The van der Waals surface area contributed by atoms with Gasteiger partial charge < -0.3 is 28.6 Å². The third-order valence-corrected chi connectivity index (χ3v) is 7.90. The van der Waals surface area contributed by atoms with Crippen LogP contribution in [0.4, 0.5) is 19.2 Å². The Balaban J connectivity index is 0.000000620. The van der Waals surface area contributed by atoms with E-state index < -0.39 is 69.8 Å². The third kappa shape index (κ3) is 13.2. The van der Waals surface area contributed by atoms with Crippen molar-refractivity contribution in [2.75, 3.05) is 28.3 Å². The lowest BCUT2D eigenvalue weighted by molar-refractivity contribution is -0.169. The van der Waals surface area contributed by atoms with Crippen LogP contribution in [-0.4, -0.2) is 141 Å². The Hall–Kier alpha value is -5.70. The first-order valence-corrected chi connectivity index (χ1v) is 19.7. The number of amides is 4. The molecule has 0 aromatic carbocycles. The molecule has 0 radical (unpaired) electrons. The maximum atomic E-state index is 13.4. The van der Waals surface area contributed by atoms with Gasteiger partial charge in [-0.3, -0.25) is 19.3 Å². The first-order valence-electron chi connectivity index (χ1n) is 19.7. The highest BCUT2D eigenvalue weighted by molar-refractivity contribution is 6.35. The molecule has 22 nitrogen and oxygen atoms in total. The van der Waals surface area contributed by atoms with E-state index in [2.05, 4.69) is 20.5 Å².